The van der Waals surface area contributed by atoms with Crippen molar-refractivity contribution in [2.24, 2.45) is 5.92 Å². The van der Waals surface area contributed by atoms with Gasteiger partial charge in [0.2, 0.25) is 5.91 Å². The molecule has 0 spiro atoms. The lowest BCUT2D eigenvalue weighted by Crippen LogP contribution is -2.23. The van der Waals surface area contributed by atoms with Gasteiger partial charge in [-0.05, 0) is 31.4 Å². The maximum absolute atomic E-state index is 12.2. The van der Waals surface area contributed by atoms with Crippen LogP contribution < -0.4 is 5.32 Å². The first-order valence-corrected chi connectivity index (χ1v) is 8.15. The van der Waals surface area contributed by atoms with Crippen LogP contribution in [0, 0.1) is 5.92 Å². The molecule has 108 valence electrons. The summed E-state index contributed by atoms with van der Waals surface area (Å²) in [7, 11) is 0. The molecule has 0 fully saturated rings. The molecule has 0 saturated carbocycles. The van der Waals surface area contributed by atoms with Crippen molar-refractivity contribution in [3.8, 4) is 11.3 Å². The molecule has 5 heteroatoms. The molecule has 1 amide bonds. The van der Waals surface area contributed by atoms with Crippen LogP contribution in [-0.2, 0) is 4.79 Å². The van der Waals surface area contributed by atoms with E-state index in [1.165, 1.54) is 11.3 Å². The number of anilines is 1. The summed E-state index contributed by atoms with van der Waals surface area (Å²) in [4.78, 5) is 16.6. The second-order valence-corrected chi connectivity index (χ2v) is 6.31. The van der Waals surface area contributed by atoms with Crippen LogP contribution in [0.4, 0.5) is 5.13 Å². The molecule has 3 nitrogen and oxygen atoms in total. The molecule has 1 aliphatic rings. The highest BCUT2D eigenvalue weighted by Crippen LogP contribution is 2.27. The average Bonchev–Trinajstić information content (AvgIpc) is 2.97. The summed E-state index contributed by atoms with van der Waals surface area (Å²) < 4.78 is 0. The number of rotatable bonds is 3. The summed E-state index contributed by atoms with van der Waals surface area (Å²) in [5.74, 6) is 0.134. The number of hydrogen-bond acceptors (Lipinski definition) is 3. The summed E-state index contributed by atoms with van der Waals surface area (Å²) in [5.41, 5.74) is 1.85. The van der Waals surface area contributed by atoms with Gasteiger partial charge in [0.1, 0.15) is 0 Å². The van der Waals surface area contributed by atoms with Gasteiger partial charge in [0.15, 0.2) is 5.13 Å². The molecular weight excluding hydrogens is 304 g/mol. The molecule has 3 rings (SSSR count). The SMILES string of the molecule is O=C(Nc1nc(-c2ccc(Cl)cc2)cs1)C1CC=CCC1. The Balaban J connectivity index is 1.68. The Morgan fingerprint density at radius 3 is 2.81 bits per heavy atom. The fraction of sp³-hybridized carbons (Fsp3) is 0.250. The lowest BCUT2D eigenvalue weighted by atomic mass is 9.94. The number of aromatic nitrogens is 1. The number of allylic oxidation sites excluding steroid dienone is 2. The van der Waals surface area contributed by atoms with Crippen LogP contribution in [0.15, 0.2) is 41.8 Å². The molecule has 0 radical (unpaired) electrons. The van der Waals surface area contributed by atoms with Gasteiger partial charge in [-0.3, -0.25) is 4.79 Å². The van der Waals surface area contributed by atoms with Crippen molar-refractivity contribution in [2.75, 3.05) is 5.32 Å². The highest BCUT2D eigenvalue weighted by atomic mass is 35.5. The molecule has 0 bridgehead atoms. The van der Waals surface area contributed by atoms with Gasteiger partial charge < -0.3 is 5.32 Å². The standard InChI is InChI=1S/C16H15ClN2OS/c17-13-8-6-11(7-9-13)14-10-21-16(18-14)19-15(20)12-4-2-1-3-5-12/h1-2,6-10,12H,3-5H2,(H,18,19,20). The van der Waals surface area contributed by atoms with Gasteiger partial charge in [0, 0.05) is 21.9 Å². The van der Waals surface area contributed by atoms with Crippen molar-refractivity contribution in [3.05, 3.63) is 46.8 Å². The minimum Gasteiger partial charge on any atom is -0.302 e. The van der Waals surface area contributed by atoms with Crippen LogP contribution in [0.25, 0.3) is 11.3 Å². The van der Waals surface area contributed by atoms with Crippen molar-refractivity contribution in [3.63, 3.8) is 0 Å². The molecule has 0 aliphatic heterocycles. The predicted molar refractivity (Wildman–Crippen MR) is 87.7 cm³/mol. The average molecular weight is 319 g/mol. The zero-order valence-electron chi connectivity index (χ0n) is 11.4. The first kappa shape index (κ1) is 14.3. The quantitative estimate of drug-likeness (QED) is 0.829. The normalized spacial score (nSPS) is 17.7. The Kier molecular flexibility index (Phi) is 4.36. The molecule has 1 atom stereocenters. The number of nitrogens with one attached hydrogen (secondary N) is 1. The summed E-state index contributed by atoms with van der Waals surface area (Å²) in [5, 5.41) is 6.22. The topological polar surface area (TPSA) is 42.0 Å². The molecule has 1 aromatic carbocycles. The van der Waals surface area contributed by atoms with E-state index in [1.54, 1.807) is 0 Å². The van der Waals surface area contributed by atoms with Gasteiger partial charge in [0.05, 0.1) is 5.69 Å². The van der Waals surface area contributed by atoms with E-state index in [2.05, 4.69) is 22.5 Å². The molecule has 0 saturated heterocycles. The Morgan fingerprint density at radius 2 is 2.10 bits per heavy atom. The van der Waals surface area contributed by atoms with Gasteiger partial charge in [-0.25, -0.2) is 4.98 Å². The van der Waals surface area contributed by atoms with Crippen LogP contribution >= 0.6 is 22.9 Å². The summed E-state index contributed by atoms with van der Waals surface area (Å²) in [6, 6.07) is 7.52. The van der Waals surface area contributed by atoms with Gasteiger partial charge in [-0.15, -0.1) is 11.3 Å². The number of nitrogens with zero attached hydrogens (tertiary/aromatic N) is 1. The predicted octanol–water partition coefficient (Wildman–Crippen LogP) is 4.76. The number of carbonyl (C=O) groups excluding carboxylic acids is 1. The Morgan fingerprint density at radius 1 is 1.29 bits per heavy atom. The van der Waals surface area contributed by atoms with Crippen LogP contribution in [0.2, 0.25) is 5.02 Å². The van der Waals surface area contributed by atoms with Crippen LogP contribution in [-0.4, -0.2) is 10.9 Å². The summed E-state index contributed by atoms with van der Waals surface area (Å²) in [6.45, 7) is 0. The molecule has 21 heavy (non-hydrogen) atoms. The van der Waals surface area contributed by atoms with E-state index in [4.69, 9.17) is 11.6 Å². The molecular formula is C16H15ClN2OS. The third kappa shape index (κ3) is 3.52. The number of carbonyl (C=O) groups is 1. The second-order valence-electron chi connectivity index (χ2n) is 5.02. The summed E-state index contributed by atoms with van der Waals surface area (Å²) >= 11 is 7.33. The van der Waals surface area contributed by atoms with Crippen molar-refractivity contribution in [1.82, 2.24) is 4.98 Å². The van der Waals surface area contributed by atoms with Gasteiger partial charge >= 0.3 is 0 Å². The van der Waals surface area contributed by atoms with Gasteiger partial charge in [-0.2, -0.15) is 0 Å². The lowest BCUT2D eigenvalue weighted by Gasteiger charge is -2.15. The van der Waals surface area contributed by atoms with Gasteiger partial charge in [0.25, 0.3) is 0 Å². The van der Waals surface area contributed by atoms with Crippen molar-refractivity contribution >= 4 is 34.0 Å². The molecule has 1 unspecified atom stereocenters. The van der Waals surface area contributed by atoms with E-state index in [9.17, 15) is 4.79 Å². The van der Waals surface area contributed by atoms with Crippen molar-refractivity contribution in [1.29, 1.82) is 0 Å². The second kappa shape index (κ2) is 6.41. The highest BCUT2D eigenvalue weighted by Gasteiger charge is 2.19. The third-order valence-corrected chi connectivity index (χ3v) is 4.52. The number of benzene rings is 1. The zero-order valence-corrected chi connectivity index (χ0v) is 13.0. The first-order chi connectivity index (χ1) is 10.2. The zero-order chi connectivity index (χ0) is 14.7. The maximum Gasteiger partial charge on any atom is 0.229 e. The van der Waals surface area contributed by atoms with E-state index in [1.807, 2.05) is 29.6 Å². The fourth-order valence-electron chi connectivity index (χ4n) is 2.32. The van der Waals surface area contributed by atoms with E-state index >= 15 is 0 Å². The van der Waals surface area contributed by atoms with Crippen molar-refractivity contribution in [2.45, 2.75) is 19.3 Å². The van der Waals surface area contributed by atoms with E-state index < -0.39 is 0 Å². The van der Waals surface area contributed by atoms with E-state index in [0.717, 1.165) is 30.5 Å². The lowest BCUT2D eigenvalue weighted by molar-refractivity contribution is -0.120. The van der Waals surface area contributed by atoms with E-state index in [-0.39, 0.29) is 11.8 Å². The Hall–Kier alpha value is -1.65. The number of amides is 1. The molecule has 1 aliphatic carbocycles. The van der Waals surface area contributed by atoms with Crippen LogP contribution in [0.1, 0.15) is 19.3 Å². The Labute approximate surface area is 132 Å². The van der Waals surface area contributed by atoms with E-state index in [0.29, 0.717) is 10.2 Å². The van der Waals surface area contributed by atoms with Crippen molar-refractivity contribution < 1.29 is 4.79 Å². The molecule has 2 aromatic rings. The van der Waals surface area contributed by atoms with Crippen LogP contribution in [0.5, 0.6) is 0 Å². The summed E-state index contributed by atoms with van der Waals surface area (Å²) in [6.07, 6.45) is 6.92. The largest absolute Gasteiger partial charge is 0.302 e. The molecule has 1 heterocycles. The van der Waals surface area contributed by atoms with Gasteiger partial charge in [-0.1, -0.05) is 35.9 Å². The minimum atomic E-state index is 0.0661. The molecule has 1 aromatic heterocycles. The fourth-order valence-corrected chi connectivity index (χ4v) is 3.17. The smallest absolute Gasteiger partial charge is 0.229 e. The first-order valence-electron chi connectivity index (χ1n) is 6.90. The number of halogens is 1. The number of thiazole rings is 1. The monoisotopic (exact) mass is 318 g/mol. The number of hydrogen-bond donors (Lipinski definition) is 1. The molecule has 1 N–H and O–H groups in total. The third-order valence-electron chi connectivity index (χ3n) is 3.51. The maximum atomic E-state index is 12.2. The highest BCUT2D eigenvalue weighted by molar-refractivity contribution is 7.14. The van der Waals surface area contributed by atoms with Crippen LogP contribution in [0.3, 0.4) is 0 Å². The Bertz CT molecular complexity index is 663. The minimum absolute atomic E-state index is 0.0661.